The summed E-state index contributed by atoms with van der Waals surface area (Å²) in [5, 5.41) is 8.64. The number of hydrogen-bond acceptors (Lipinski definition) is 3. The third-order valence-corrected chi connectivity index (χ3v) is 3.22. The number of hydrogen-bond donors (Lipinski definition) is 1. The molecule has 18 heavy (non-hydrogen) atoms. The summed E-state index contributed by atoms with van der Waals surface area (Å²) in [5.74, 6) is 0.109. The van der Waals surface area contributed by atoms with Gasteiger partial charge in [-0.1, -0.05) is 31.2 Å². The van der Waals surface area contributed by atoms with Crippen molar-refractivity contribution in [1.29, 1.82) is 0 Å². The van der Waals surface area contributed by atoms with Crippen molar-refractivity contribution in [2.75, 3.05) is 26.2 Å². The first kappa shape index (κ1) is 15.1. The summed E-state index contributed by atoms with van der Waals surface area (Å²) in [6, 6.07) is 0. The molecule has 1 saturated heterocycles. The number of carbonyl (C=O) groups is 1. The maximum absolute atomic E-state index is 11.0. The van der Waals surface area contributed by atoms with Crippen LogP contribution >= 0.6 is 0 Å². The fraction of sp³-hybridized carbons (Fsp3) is 0.667. The molecule has 0 radical (unpaired) electrons. The summed E-state index contributed by atoms with van der Waals surface area (Å²) in [6.07, 6.45) is 12.5. The van der Waals surface area contributed by atoms with E-state index < -0.39 is 0 Å². The summed E-state index contributed by atoms with van der Waals surface area (Å²) < 4.78 is 0. The molecule has 3 heteroatoms. The van der Waals surface area contributed by atoms with E-state index in [0.29, 0.717) is 6.42 Å². The number of ketones is 1. The molecule has 3 nitrogen and oxygen atoms in total. The highest BCUT2D eigenvalue weighted by atomic mass is 16.3. The van der Waals surface area contributed by atoms with Crippen molar-refractivity contribution in [3.8, 4) is 0 Å². The molecule has 1 aliphatic rings. The maximum Gasteiger partial charge on any atom is 0.158 e. The molecule has 0 bridgehead atoms. The molecule has 0 aromatic carbocycles. The van der Waals surface area contributed by atoms with Gasteiger partial charge >= 0.3 is 0 Å². The summed E-state index contributed by atoms with van der Waals surface area (Å²) in [6.45, 7) is 5.31. The summed E-state index contributed by atoms with van der Waals surface area (Å²) in [5.41, 5.74) is 0. The average molecular weight is 251 g/mol. The molecule has 1 aliphatic heterocycles. The van der Waals surface area contributed by atoms with E-state index in [9.17, 15) is 4.79 Å². The molecule has 0 amide bonds. The monoisotopic (exact) mass is 251 g/mol. The Bertz CT molecular complexity index is 291. The third kappa shape index (κ3) is 6.72. The molecule has 1 heterocycles. The fourth-order valence-corrected chi connectivity index (χ4v) is 2.18. The molecule has 1 fully saturated rings. The third-order valence-electron chi connectivity index (χ3n) is 3.22. The largest absolute Gasteiger partial charge is 0.389 e. The number of Topliss-reactive ketones (excluding diaryl/α,β-unsaturated/α-hetero) is 1. The Morgan fingerprint density at radius 3 is 2.72 bits per heavy atom. The lowest BCUT2D eigenvalue weighted by atomic mass is 10.0. The zero-order valence-corrected chi connectivity index (χ0v) is 11.3. The fourth-order valence-electron chi connectivity index (χ4n) is 2.18. The Morgan fingerprint density at radius 2 is 2.06 bits per heavy atom. The summed E-state index contributed by atoms with van der Waals surface area (Å²) in [4.78, 5) is 13.5. The van der Waals surface area contributed by atoms with Crippen LogP contribution in [0.3, 0.4) is 0 Å². The topological polar surface area (TPSA) is 40.5 Å². The van der Waals surface area contributed by atoms with Crippen LogP contribution in [0.2, 0.25) is 0 Å². The van der Waals surface area contributed by atoms with Crippen LogP contribution in [0.15, 0.2) is 24.3 Å². The number of carbonyl (C=O) groups excluding carboxylic acids is 1. The van der Waals surface area contributed by atoms with Gasteiger partial charge in [-0.2, -0.15) is 0 Å². The molecule has 0 aromatic rings. The predicted octanol–water partition coefficient (Wildman–Crippen LogP) is 2.17. The van der Waals surface area contributed by atoms with Gasteiger partial charge in [-0.3, -0.25) is 4.79 Å². The van der Waals surface area contributed by atoms with Crippen LogP contribution in [0.5, 0.6) is 0 Å². The first-order valence-corrected chi connectivity index (χ1v) is 6.90. The number of aliphatic hydroxyl groups is 1. The lowest BCUT2D eigenvalue weighted by Gasteiger charge is -2.11. The summed E-state index contributed by atoms with van der Waals surface area (Å²) >= 11 is 0. The maximum atomic E-state index is 11.0. The normalized spacial score (nSPS) is 19.0. The number of allylic oxidation sites excluding steroid dienone is 3. The smallest absolute Gasteiger partial charge is 0.158 e. The molecule has 0 saturated carbocycles. The molecular weight excluding hydrogens is 226 g/mol. The van der Waals surface area contributed by atoms with Crippen molar-refractivity contribution in [1.82, 2.24) is 4.90 Å². The van der Waals surface area contributed by atoms with Crippen molar-refractivity contribution < 1.29 is 9.90 Å². The standard InChI is InChI=1S/C15H25NO2/c1-14(12-15(18)13-17)8-4-2-3-5-9-16-10-6-7-11-16/h2-4,8,14,17H,5-7,9-13H2,1H3/b3-2-,8-4-. The minimum atomic E-state index is -0.343. The summed E-state index contributed by atoms with van der Waals surface area (Å²) in [7, 11) is 0. The van der Waals surface area contributed by atoms with E-state index in [1.54, 1.807) is 0 Å². The second-order valence-corrected chi connectivity index (χ2v) is 5.03. The first-order chi connectivity index (χ1) is 8.72. The number of aliphatic hydroxyl groups excluding tert-OH is 1. The van der Waals surface area contributed by atoms with E-state index in [4.69, 9.17) is 5.11 Å². The van der Waals surface area contributed by atoms with Crippen LogP contribution in [0, 0.1) is 5.92 Å². The van der Waals surface area contributed by atoms with E-state index in [1.807, 2.05) is 19.1 Å². The molecule has 1 rings (SSSR count). The molecular formula is C15H25NO2. The number of nitrogens with zero attached hydrogens (tertiary/aromatic N) is 1. The minimum Gasteiger partial charge on any atom is -0.389 e. The molecule has 1 unspecified atom stereocenters. The van der Waals surface area contributed by atoms with Crippen molar-refractivity contribution >= 4 is 5.78 Å². The van der Waals surface area contributed by atoms with E-state index >= 15 is 0 Å². The van der Waals surface area contributed by atoms with Gasteiger partial charge in [-0.05, 0) is 38.3 Å². The second-order valence-electron chi connectivity index (χ2n) is 5.03. The highest BCUT2D eigenvalue weighted by Gasteiger charge is 2.09. The zero-order valence-electron chi connectivity index (χ0n) is 11.3. The van der Waals surface area contributed by atoms with Crippen LogP contribution < -0.4 is 0 Å². The van der Waals surface area contributed by atoms with Gasteiger partial charge in [-0.15, -0.1) is 0 Å². The van der Waals surface area contributed by atoms with Gasteiger partial charge in [0.25, 0.3) is 0 Å². The first-order valence-electron chi connectivity index (χ1n) is 6.90. The van der Waals surface area contributed by atoms with Crippen molar-refractivity contribution in [2.24, 2.45) is 5.92 Å². The Balaban J connectivity index is 2.08. The Morgan fingerprint density at radius 1 is 1.33 bits per heavy atom. The minimum absolute atomic E-state index is 0.0924. The SMILES string of the molecule is CC(/C=C\C=C/CCN1CCCC1)CC(=O)CO. The number of rotatable bonds is 8. The molecule has 102 valence electrons. The number of likely N-dealkylation sites (tertiary alicyclic amines) is 1. The van der Waals surface area contributed by atoms with Gasteiger partial charge in [0, 0.05) is 13.0 Å². The second kappa shape index (κ2) is 9.06. The van der Waals surface area contributed by atoms with E-state index in [-0.39, 0.29) is 18.3 Å². The zero-order chi connectivity index (χ0) is 13.2. The van der Waals surface area contributed by atoms with E-state index in [0.717, 1.165) is 13.0 Å². The van der Waals surface area contributed by atoms with Crippen LogP contribution in [0.4, 0.5) is 0 Å². The van der Waals surface area contributed by atoms with E-state index in [2.05, 4.69) is 17.1 Å². The lowest BCUT2D eigenvalue weighted by Crippen LogP contribution is -2.19. The predicted molar refractivity (Wildman–Crippen MR) is 74.4 cm³/mol. The average Bonchev–Trinajstić information content (AvgIpc) is 2.86. The van der Waals surface area contributed by atoms with E-state index in [1.165, 1.54) is 25.9 Å². The lowest BCUT2D eigenvalue weighted by molar-refractivity contribution is -0.122. The highest BCUT2D eigenvalue weighted by Crippen LogP contribution is 2.08. The van der Waals surface area contributed by atoms with Crippen LogP contribution in [-0.4, -0.2) is 42.0 Å². The van der Waals surface area contributed by atoms with Gasteiger partial charge in [0.1, 0.15) is 6.61 Å². The Kier molecular flexibility index (Phi) is 7.62. The van der Waals surface area contributed by atoms with Crippen LogP contribution in [0.1, 0.15) is 32.6 Å². The van der Waals surface area contributed by atoms with Crippen molar-refractivity contribution in [3.05, 3.63) is 24.3 Å². The molecule has 1 atom stereocenters. The van der Waals surface area contributed by atoms with Gasteiger partial charge in [0.15, 0.2) is 5.78 Å². The quantitative estimate of drug-likeness (QED) is 0.672. The molecule has 0 aromatic heterocycles. The van der Waals surface area contributed by atoms with Crippen molar-refractivity contribution in [2.45, 2.75) is 32.6 Å². The molecule has 0 aliphatic carbocycles. The Hall–Kier alpha value is -0.930. The van der Waals surface area contributed by atoms with Gasteiger partial charge in [0.05, 0.1) is 0 Å². The van der Waals surface area contributed by atoms with Crippen molar-refractivity contribution in [3.63, 3.8) is 0 Å². The van der Waals surface area contributed by atoms with Gasteiger partial charge in [-0.25, -0.2) is 0 Å². The van der Waals surface area contributed by atoms with Crippen LogP contribution in [-0.2, 0) is 4.79 Å². The van der Waals surface area contributed by atoms with Crippen LogP contribution in [0.25, 0.3) is 0 Å². The Labute approximate surface area is 110 Å². The molecule has 1 N–H and O–H groups in total. The van der Waals surface area contributed by atoms with Gasteiger partial charge < -0.3 is 10.0 Å². The molecule has 0 spiro atoms. The van der Waals surface area contributed by atoms with Gasteiger partial charge in [0.2, 0.25) is 0 Å². The highest BCUT2D eigenvalue weighted by molar-refractivity contribution is 5.79.